The third-order valence-electron chi connectivity index (χ3n) is 4.84. The van der Waals surface area contributed by atoms with E-state index in [2.05, 4.69) is 34.4 Å². The summed E-state index contributed by atoms with van der Waals surface area (Å²) in [7, 11) is 2.11. The Morgan fingerprint density at radius 2 is 2.18 bits per heavy atom. The fraction of sp³-hybridized carbons (Fsp3) is 0.273. The molecule has 1 aromatic heterocycles. The van der Waals surface area contributed by atoms with Gasteiger partial charge in [-0.05, 0) is 61.7 Å². The minimum absolute atomic E-state index is 0.140. The maximum Gasteiger partial charge on any atom is 0.255 e. The number of benzene rings is 2. The monoisotopic (exact) mass is 393 g/mol. The molecule has 0 bridgehead atoms. The van der Waals surface area contributed by atoms with Crippen molar-refractivity contribution < 1.29 is 9.53 Å². The summed E-state index contributed by atoms with van der Waals surface area (Å²) < 4.78 is 5.79. The second-order valence-electron chi connectivity index (χ2n) is 7.00. The minimum Gasteiger partial charge on any atom is -0.487 e. The van der Waals surface area contributed by atoms with E-state index < -0.39 is 0 Å². The topological polar surface area (TPSA) is 54.5 Å². The summed E-state index contributed by atoms with van der Waals surface area (Å²) in [5.74, 6) is 0.518. The molecule has 1 N–H and O–H groups in total. The van der Waals surface area contributed by atoms with Gasteiger partial charge < -0.3 is 15.0 Å². The Balaban J connectivity index is 1.43. The lowest BCUT2D eigenvalue weighted by atomic mass is 10.0. The number of aromatic nitrogens is 1. The fourth-order valence-electron chi connectivity index (χ4n) is 3.43. The summed E-state index contributed by atoms with van der Waals surface area (Å²) in [5.41, 5.74) is 4.82. The van der Waals surface area contributed by atoms with Gasteiger partial charge in [-0.1, -0.05) is 6.07 Å². The number of hydrogen-bond acceptors (Lipinski definition) is 5. The van der Waals surface area contributed by atoms with Gasteiger partial charge in [0.1, 0.15) is 12.4 Å². The molecule has 0 unspecified atom stereocenters. The normalized spacial score (nSPS) is 13.1. The van der Waals surface area contributed by atoms with E-state index in [1.807, 2.05) is 30.5 Å². The molecule has 5 nitrogen and oxygen atoms in total. The molecule has 0 radical (unpaired) electrons. The number of thiazole rings is 1. The van der Waals surface area contributed by atoms with Crippen LogP contribution in [-0.4, -0.2) is 24.5 Å². The van der Waals surface area contributed by atoms with Crippen LogP contribution < -0.4 is 15.0 Å². The average molecular weight is 394 g/mol. The molecule has 1 aliphatic rings. The zero-order valence-electron chi connectivity index (χ0n) is 16.1. The number of hydrogen-bond donors (Lipinski definition) is 1. The molecule has 2 heterocycles. The summed E-state index contributed by atoms with van der Waals surface area (Å²) >= 11 is 1.60. The molecule has 1 aliphatic heterocycles. The molecule has 0 saturated heterocycles. The van der Waals surface area contributed by atoms with Crippen LogP contribution in [0.1, 0.15) is 33.0 Å². The van der Waals surface area contributed by atoms with Crippen LogP contribution in [0.15, 0.2) is 47.8 Å². The zero-order chi connectivity index (χ0) is 19.5. The summed E-state index contributed by atoms with van der Waals surface area (Å²) in [6, 6.07) is 13.4. The SMILES string of the molecule is Cc1nc(COc2cccc(C(=O)Nc3ccc4c(c3)CCCN4C)c2)cs1. The van der Waals surface area contributed by atoms with Crippen molar-refractivity contribution in [1.29, 1.82) is 0 Å². The van der Waals surface area contributed by atoms with E-state index in [9.17, 15) is 4.79 Å². The first-order valence-corrected chi connectivity index (χ1v) is 10.3. The van der Waals surface area contributed by atoms with Crippen LogP contribution in [0.25, 0.3) is 0 Å². The van der Waals surface area contributed by atoms with Crippen molar-refractivity contribution in [2.24, 2.45) is 0 Å². The molecule has 3 aromatic rings. The van der Waals surface area contributed by atoms with Gasteiger partial charge in [-0.3, -0.25) is 4.79 Å². The van der Waals surface area contributed by atoms with Crippen molar-refractivity contribution >= 4 is 28.6 Å². The highest BCUT2D eigenvalue weighted by Gasteiger charge is 2.15. The molecule has 0 atom stereocenters. The van der Waals surface area contributed by atoms with E-state index in [-0.39, 0.29) is 5.91 Å². The van der Waals surface area contributed by atoms with Gasteiger partial charge >= 0.3 is 0 Å². The summed E-state index contributed by atoms with van der Waals surface area (Å²) in [4.78, 5) is 19.3. The number of fused-ring (bicyclic) bond motifs is 1. The van der Waals surface area contributed by atoms with Gasteiger partial charge in [0.05, 0.1) is 10.7 Å². The van der Waals surface area contributed by atoms with E-state index in [0.29, 0.717) is 17.9 Å². The highest BCUT2D eigenvalue weighted by molar-refractivity contribution is 7.09. The number of anilines is 2. The maximum atomic E-state index is 12.7. The standard InChI is InChI=1S/C22H23N3O2S/c1-15-23-19(14-28-15)13-27-20-7-3-5-17(12-20)22(26)24-18-8-9-21-16(11-18)6-4-10-25(21)2/h3,5,7-9,11-12,14H,4,6,10,13H2,1-2H3,(H,24,26). The molecule has 0 spiro atoms. The summed E-state index contributed by atoms with van der Waals surface area (Å²) in [5, 5.41) is 6.01. The van der Waals surface area contributed by atoms with Gasteiger partial charge in [0.2, 0.25) is 0 Å². The first-order chi connectivity index (χ1) is 13.6. The number of rotatable bonds is 5. The van der Waals surface area contributed by atoms with Crippen LogP contribution in [-0.2, 0) is 13.0 Å². The Labute approximate surface area is 169 Å². The quantitative estimate of drug-likeness (QED) is 0.685. The molecule has 2 aromatic carbocycles. The van der Waals surface area contributed by atoms with Crippen molar-refractivity contribution in [1.82, 2.24) is 4.98 Å². The largest absolute Gasteiger partial charge is 0.487 e. The third-order valence-corrected chi connectivity index (χ3v) is 5.66. The lowest BCUT2D eigenvalue weighted by Crippen LogP contribution is -2.24. The number of aryl methyl sites for hydroxylation is 2. The number of carbonyl (C=O) groups excluding carboxylic acids is 1. The Kier molecular flexibility index (Phi) is 5.30. The number of ether oxygens (including phenoxy) is 1. The van der Waals surface area contributed by atoms with Crippen LogP contribution in [0.5, 0.6) is 5.75 Å². The minimum atomic E-state index is -0.140. The molecule has 1 amide bonds. The zero-order valence-corrected chi connectivity index (χ0v) is 16.9. The predicted molar refractivity (Wildman–Crippen MR) is 114 cm³/mol. The third kappa shape index (κ3) is 4.17. The Morgan fingerprint density at radius 3 is 3.00 bits per heavy atom. The number of amides is 1. The lowest BCUT2D eigenvalue weighted by molar-refractivity contribution is 0.102. The predicted octanol–water partition coefficient (Wildman–Crippen LogP) is 4.67. The van der Waals surface area contributed by atoms with E-state index in [0.717, 1.165) is 35.8 Å². The van der Waals surface area contributed by atoms with Crippen LogP contribution in [0.4, 0.5) is 11.4 Å². The highest BCUT2D eigenvalue weighted by atomic mass is 32.1. The molecule has 6 heteroatoms. The highest BCUT2D eigenvalue weighted by Crippen LogP contribution is 2.29. The van der Waals surface area contributed by atoms with Gasteiger partial charge in [0.15, 0.2) is 0 Å². The van der Waals surface area contributed by atoms with Crippen molar-refractivity contribution in [3.05, 3.63) is 69.7 Å². The van der Waals surface area contributed by atoms with Crippen molar-refractivity contribution in [2.75, 3.05) is 23.8 Å². The van der Waals surface area contributed by atoms with E-state index in [1.54, 1.807) is 23.5 Å². The van der Waals surface area contributed by atoms with E-state index >= 15 is 0 Å². The van der Waals surface area contributed by atoms with Gasteiger partial charge in [-0.25, -0.2) is 4.98 Å². The van der Waals surface area contributed by atoms with Crippen molar-refractivity contribution in [2.45, 2.75) is 26.4 Å². The molecular weight excluding hydrogens is 370 g/mol. The van der Waals surface area contributed by atoms with Gasteiger partial charge in [-0.15, -0.1) is 11.3 Å². The Morgan fingerprint density at radius 1 is 1.29 bits per heavy atom. The smallest absolute Gasteiger partial charge is 0.255 e. The molecule has 28 heavy (non-hydrogen) atoms. The molecule has 144 valence electrons. The van der Waals surface area contributed by atoms with Gasteiger partial charge in [-0.2, -0.15) is 0 Å². The molecule has 0 saturated carbocycles. The van der Waals surface area contributed by atoms with Crippen LogP contribution in [0, 0.1) is 6.92 Å². The fourth-order valence-corrected chi connectivity index (χ4v) is 4.02. The number of nitrogens with one attached hydrogen (secondary N) is 1. The van der Waals surface area contributed by atoms with Crippen LogP contribution in [0.2, 0.25) is 0 Å². The van der Waals surface area contributed by atoms with E-state index in [4.69, 9.17) is 4.74 Å². The molecule has 0 aliphatic carbocycles. The summed E-state index contributed by atoms with van der Waals surface area (Å²) in [6.45, 7) is 3.44. The first-order valence-electron chi connectivity index (χ1n) is 9.38. The maximum absolute atomic E-state index is 12.7. The second-order valence-corrected chi connectivity index (χ2v) is 8.06. The van der Waals surface area contributed by atoms with Crippen molar-refractivity contribution in [3.8, 4) is 5.75 Å². The van der Waals surface area contributed by atoms with Crippen LogP contribution >= 0.6 is 11.3 Å². The van der Waals surface area contributed by atoms with Crippen molar-refractivity contribution in [3.63, 3.8) is 0 Å². The molecule has 0 fully saturated rings. The molecular formula is C22H23N3O2S. The second kappa shape index (κ2) is 8.02. The summed E-state index contributed by atoms with van der Waals surface area (Å²) in [6.07, 6.45) is 2.18. The molecule has 4 rings (SSSR count). The Bertz CT molecular complexity index is 999. The Hall–Kier alpha value is -2.86. The lowest BCUT2D eigenvalue weighted by Gasteiger charge is -2.27. The first kappa shape index (κ1) is 18.5. The van der Waals surface area contributed by atoms with Gasteiger partial charge in [0, 0.05) is 35.9 Å². The van der Waals surface area contributed by atoms with Crippen LogP contribution in [0.3, 0.4) is 0 Å². The van der Waals surface area contributed by atoms with E-state index in [1.165, 1.54) is 11.3 Å². The number of nitrogens with zero attached hydrogens (tertiary/aromatic N) is 2. The average Bonchev–Trinajstić information content (AvgIpc) is 3.12. The van der Waals surface area contributed by atoms with Gasteiger partial charge in [0.25, 0.3) is 5.91 Å². The number of carbonyl (C=O) groups is 1.